The molecule has 88 valence electrons. The molecule has 0 amide bonds. The largest absolute Gasteiger partial charge is 1.00 e. The summed E-state index contributed by atoms with van der Waals surface area (Å²) in [7, 11) is 0. The fourth-order valence-electron chi connectivity index (χ4n) is 2.72. The quantitative estimate of drug-likeness (QED) is 0.525. The number of halogens is 1. The Labute approximate surface area is 113 Å². The van der Waals surface area contributed by atoms with Crippen LogP contribution in [0.1, 0.15) is 12.6 Å². The van der Waals surface area contributed by atoms with E-state index >= 15 is 0 Å². The van der Waals surface area contributed by atoms with Crippen molar-refractivity contribution >= 4 is 40.2 Å². The molecule has 1 aliphatic rings. The van der Waals surface area contributed by atoms with Crippen LogP contribution in [0.2, 0.25) is 0 Å². The van der Waals surface area contributed by atoms with Crippen molar-refractivity contribution in [3.05, 3.63) is 59.7 Å². The Kier molecular flexibility index (Phi) is 2.57. The van der Waals surface area contributed by atoms with Gasteiger partial charge in [0.25, 0.3) is 0 Å². The molecule has 0 spiro atoms. The van der Waals surface area contributed by atoms with Crippen LogP contribution in [0.4, 0.5) is 0 Å². The predicted octanol–water partition coefficient (Wildman–Crippen LogP) is 4.46. The molecule has 1 heterocycles. The van der Waals surface area contributed by atoms with Gasteiger partial charge in [-0.3, -0.25) is 4.99 Å². The van der Waals surface area contributed by atoms with Gasteiger partial charge in [0.05, 0.1) is 6.54 Å². The van der Waals surface area contributed by atoms with E-state index in [-0.39, 0.29) is 13.8 Å². The molecule has 1 nitrogen and oxygen atoms in total. The van der Waals surface area contributed by atoms with Crippen LogP contribution in [-0.4, -0.2) is 6.21 Å². The molecule has 18 heavy (non-hydrogen) atoms. The first-order chi connectivity index (χ1) is 8.43. The first-order valence-corrected chi connectivity index (χ1v) is 5.87. The Hall–Kier alpha value is -1.86. The molecular formula is C16H13ClN+. The summed E-state index contributed by atoms with van der Waals surface area (Å²) in [4.78, 5) is 4.38. The fraction of sp³-hybridized carbons (Fsp3) is 0.0625. The van der Waals surface area contributed by atoms with Crippen molar-refractivity contribution in [1.29, 1.82) is 0 Å². The molecule has 0 atom stereocenters. The van der Waals surface area contributed by atoms with Crippen LogP contribution in [0.15, 0.2) is 53.5 Å². The summed E-state index contributed by atoms with van der Waals surface area (Å²) in [5, 5.41) is 5.33. The van der Waals surface area contributed by atoms with Crippen molar-refractivity contribution in [2.75, 3.05) is 0 Å². The lowest BCUT2D eigenvalue weighted by molar-refractivity contribution is 1.13. The summed E-state index contributed by atoms with van der Waals surface area (Å²) in [6, 6.07) is 17.3. The second kappa shape index (κ2) is 4.11. The van der Waals surface area contributed by atoms with E-state index in [1.165, 1.54) is 32.7 Å². The van der Waals surface area contributed by atoms with E-state index < -0.39 is 0 Å². The topological polar surface area (TPSA) is 12.4 Å². The lowest BCUT2D eigenvalue weighted by Gasteiger charge is -2.08. The Bertz CT molecular complexity index is 780. The van der Waals surface area contributed by atoms with Crippen LogP contribution in [0.25, 0.3) is 21.5 Å². The molecule has 0 N–H and O–H groups in total. The van der Waals surface area contributed by atoms with Crippen molar-refractivity contribution < 1.29 is 1.43 Å². The van der Waals surface area contributed by atoms with E-state index in [2.05, 4.69) is 53.5 Å². The minimum absolute atomic E-state index is 0. The highest BCUT2D eigenvalue weighted by molar-refractivity contribution is 6.11. The van der Waals surface area contributed by atoms with Crippen LogP contribution in [0.5, 0.6) is 0 Å². The molecule has 3 aromatic carbocycles. The molecule has 0 radical (unpaired) electrons. The zero-order chi connectivity index (χ0) is 11.2. The molecular weight excluding hydrogens is 242 g/mol. The van der Waals surface area contributed by atoms with Crippen LogP contribution < -0.4 is 0 Å². The zero-order valence-corrected chi connectivity index (χ0v) is 10.6. The van der Waals surface area contributed by atoms with Crippen LogP contribution in [0, 0.1) is 0 Å². The third kappa shape index (κ3) is 1.44. The number of rotatable bonds is 0. The van der Waals surface area contributed by atoms with Gasteiger partial charge >= 0.3 is 1.43 Å². The van der Waals surface area contributed by atoms with Crippen LogP contribution in [0.3, 0.4) is 0 Å². The van der Waals surface area contributed by atoms with Crippen molar-refractivity contribution in [3.63, 3.8) is 0 Å². The summed E-state index contributed by atoms with van der Waals surface area (Å²) in [6.07, 6.45) is 1.98. The van der Waals surface area contributed by atoms with Gasteiger partial charge in [-0.1, -0.05) is 48.5 Å². The standard InChI is InChI=1S/C16H11N.ClH/c1-2-4-14-11(3-1)5-6-12-7-8-13-9-17-10-15(13)16(12)14;/h1-9H,10H2;1H/p+1. The summed E-state index contributed by atoms with van der Waals surface area (Å²) in [5.41, 5.74) is 2.65. The number of hydrogen-bond acceptors (Lipinski definition) is 1. The average Bonchev–Trinajstić information content (AvgIpc) is 2.86. The van der Waals surface area contributed by atoms with Crippen LogP contribution >= 0.6 is 12.4 Å². The Morgan fingerprint density at radius 3 is 2.61 bits per heavy atom. The maximum Gasteiger partial charge on any atom is 1.00 e. The number of aliphatic imine (C=N–C) groups is 1. The molecule has 0 saturated carbocycles. The van der Waals surface area contributed by atoms with Gasteiger partial charge in [0, 0.05) is 6.21 Å². The summed E-state index contributed by atoms with van der Waals surface area (Å²) in [5.74, 6) is 0. The SMILES string of the molecule is C1=NCc2c1ccc1ccc3ccccc3c21.Cl.[H+]. The average molecular weight is 255 g/mol. The van der Waals surface area contributed by atoms with Gasteiger partial charge in [0.1, 0.15) is 0 Å². The van der Waals surface area contributed by atoms with E-state index in [1.807, 2.05) is 6.21 Å². The maximum absolute atomic E-state index is 4.38. The Morgan fingerprint density at radius 1 is 0.889 bits per heavy atom. The number of hydrogen-bond donors (Lipinski definition) is 0. The second-order valence-electron chi connectivity index (χ2n) is 4.49. The molecule has 0 aromatic heterocycles. The van der Waals surface area contributed by atoms with Gasteiger partial charge in [0.15, 0.2) is 0 Å². The zero-order valence-electron chi connectivity index (χ0n) is 10.8. The van der Waals surface area contributed by atoms with Crippen molar-refractivity contribution in [2.45, 2.75) is 6.54 Å². The summed E-state index contributed by atoms with van der Waals surface area (Å²) in [6.45, 7) is 0.820. The monoisotopic (exact) mass is 254 g/mol. The van der Waals surface area contributed by atoms with Crippen molar-refractivity contribution in [3.8, 4) is 0 Å². The minimum atomic E-state index is 0. The predicted molar refractivity (Wildman–Crippen MR) is 81.1 cm³/mol. The Balaban J connectivity index is 0.000000667. The van der Waals surface area contributed by atoms with Gasteiger partial charge in [0.2, 0.25) is 0 Å². The highest BCUT2D eigenvalue weighted by Gasteiger charge is 2.12. The maximum atomic E-state index is 4.38. The van der Waals surface area contributed by atoms with Crippen LogP contribution in [-0.2, 0) is 6.54 Å². The highest BCUT2D eigenvalue weighted by Crippen LogP contribution is 2.31. The summed E-state index contributed by atoms with van der Waals surface area (Å²) < 4.78 is 0. The molecule has 0 bridgehead atoms. The van der Waals surface area contributed by atoms with Gasteiger partial charge < -0.3 is 0 Å². The summed E-state index contributed by atoms with van der Waals surface area (Å²) >= 11 is 0. The first kappa shape index (κ1) is 11.2. The number of fused-ring (bicyclic) bond motifs is 5. The highest BCUT2D eigenvalue weighted by atomic mass is 35.5. The lowest BCUT2D eigenvalue weighted by atomic mass is 9.95. The third-order valence-corrected chi connectivity index (χ3v) is 3.53. The molecule has 1 aliphatic heterocycles. The number of benzene rings is 3. The molecule has 3 aromatic rings. The molecule has 4 rings (SSSR count). The van der Waals surface area contributed by atoms with E-state index in [9.17, 15) is 0 Å². The minimum Gasteiger partial charge on any atom is -0.288 e. The van der Waals surface area contributed by atoms with Crippen molar-refractivity contribution in [2.24, 2.45) is 4.99 Å². The van der Waals surface area contributed by atoms with E-state index in [0.717, 1.165) is 6.54 Å². The van der Waals surface area contributed by atoms with Gasteiger partial charge in [-0.15, -0.1) is 12.4 Å². The van der Waals surface area contributed by atoms with E-state index in [4.69, 9.17) is 0 Å². The molecule has 2 heteroatoms. The molecule has 0 aliphatic carbocycles. The van der Waals surface area contributed by atoms with Crippen molar-refractivity contribution in [1.82, 2.24) is 0 Å². The van der Waals surface area contributed by atoms with E-state index in [1.54, 1.807) is 0 Å². The Morgan fingerprint density at radius 2 is 1.67 bits per heavy atom. The third-order valence-electron chi connectivity index (χ3n) is 3.53. The van der Waals surface area contributed by atoms with E-state index in [0.29, 0.717) is 0 Å². The van der Waals surface area contributed by atoms with Gasteiger partial charge in [-0.05, 0) is 32.7 Å². The molecule has 0 fully saturated rings. The molecule has 0 unspecified atom stereocenters. The normalized spacial score (nSPS) is 12.7. The molecule has 0 saturated heterocycles. The van der Waals surface area contributed by atoms with Gasteiger partial charge in [-0.2, -0.15) is 0 Å². The smallest absolute Gasteiger partial charge is 0.288 e. The first-order valence-electron chi connectivity index (χ1n) is 5.87. The second-order valence-corrected chi connectivity index (χ2v) is 4.49. The van der Waals surface area contributed by atoms with Gasteiger partial charge in [-0.25, -0.2) is 0 Å². The fourth-order valence-corrected chi connectivity index (χ4v) is 2.72. The number of nitrogens with zero attached hydrogens (tertiary/aromatic N) is 1. The lowest BCUT2D eigenvalue weighted by Crippen LogP contribution is -1.88.